The van der Waals surface area contributed by atoms with Crippen LogP contribution in [0.2, 0.25) is 0 Å². The first-order valence-electron chi connectivity index (χ1n) is 9.46. The van der Waals surface area contributed by atoms with Crippen molar-refractivity contribution in [2.45, 2.75) is 69.9 Å². The quantitative estimate of drug-likeness (QED) is 0.797. The maximum Gasteiger partial charge on any atom is 0.236 e. The van der Waals surface area contributed by atoms with Gasteiger partial charge in [0, 0.05) is 45.3 Å². The summed E-state index contributed by atoms with van der Waals surface area (Å²) in [7, 11) is 2.01. The van der Waals surface area contributed by atoms with Crippen LogP contribution in [0, 0.1) is 0 Å². The van der Waals surface area contributed by atoms with Crippen LogP contribution in [-0.2, 0) is 4.79 Å². The van der Waals surface area contributed by atoms with Crippen molar-refractivity contribution in [3.63, 3.8) is 0 Å². The topological polar surface area (TPSA) is 26.8 Å². The first-order valence-corrected chi connectivity index (χ1v) is 9.46. The summed E-state index contributed by atoms with van der Waals surface area (Å²) in [6.45, 7) is 5.09. The lowest BCUT2D eigenvalue weighted by Gasteiger charge is -2.41. The number of rotatable bonds is 4. The first kappa shape index (κ1) is 16.3. The number of amides is 1. The second-order valence-electron chi connectivity index (χ2n) is 7.55. The van der Waals surface area contributed by atoms with E-state index in [-0.39, 0.29) is 0 Å². The number of carbonyl (C=O) groups is 1. The summed E-state index contributed by atoms with van der Waals surface area (Å²) < 4.78 is 0. The van der Waals surface area contributed by atoms with E-state index in [9.17, 15) is 4.79 Å². The van der Waals surface area contributed by atoms with Crippen LogP contribution in [0.25, 0.3) is 0 Å². The molecule has 0 spiro atoms. The van der Waals surface area contributed by atoms with Gasteiger partial charge in [0.15, 0.2) is 0 Å². The third-order valence-corrected chi connectivity index (χ3v) is 6.12. The Balaban J connectivity index is 1.40. The number of hydrogen-bond acceptors (Lipinski definition) is 3. The summed E-state index contributed by atoms with van der Waals surface area (Å²) >= 11 is 0. The van der Waals surface area contributed by atoms with Gasteiger partial charge in [-0.15, -0.1) is 0 Å². The number of nitrogens with zero attached hydrogens (tertiary/aromatic N) is 3. The van der Waals surface area contributed by atoms with E-state index in [1.807, 2.05) is 11.9 Å². The minimum atomic E-state index is 0.331. The van der Waals surface area contributed by atoms with Crippen LogP contribution >= 0.6 is 0 Å². The van der Waals surface area contributed by atoms with E-state index < -0.39 is 0 Å². The fourth-order valence-electron chi connectivity index (χ4n) is 4.53. The molecule has 22 heavy (non-hydrogen) atoms. The molecule has 1 saturated heterocycles. The third-order valence-electron chi connectivity index (χ3n) is 6.12. The zero-order chi connectivity index (χ0) is 15.4. The lowest BCUT2D eigenvalue weighted by molar-refractivity contribution is -0.133. The van der Waals surface area contributed by atoms with Crippen molar-refractivity contribution < 1.29 is 4.79 Å². The fourth-order valence-corrected chi connectivity index (χ4v) is 4.53. The first-order chi connectivity index (χ1) is 10.7. The van der Waals surface area contributed by atoms with Gasteiger partial charge < -0.3 is 4.90 Å². The molecular formula is C18H33N3O. The van der Waals surface area contributed by atoms with Crippen molar-refractivity contribution in [2.24, 2.45) is 0 Å². The van der Waals surface area contributed by atoms with Gasteiger partial charge in [-0.25, -0.2) is 0 Å². The summed E-state index contributed by atoms with van der Waals surface area (Å²) in [5, 5.41) is 0. The molecule has 4 nitrogen and oxygen atoms in total. The number of piperazine rings is 1. The minimum absolute atomic E-state index is 0.331. The normalized spacial score (nSPS) is 26.4. The average molecular weight is 307 g/mol. The molecule has 3 rings (SSSR count). The number of hydrogen-bond donors (Lipinski definition) is 0. The Kier molecular flexibility index (Phi) is 5.75. The molecule has 1 amide bonds. The van der Waals surface area contributed by atoms with Crippen LogP contribution in [0.15, 0.2) is 0 Å². The predicted molar refractivity (Wildman–Crippen MR) is 89.9 cm³/mol. The molecule has 4 heteroatoms. The second kappa shape index (κ2) is 7.78. The van der Waals surface area contributed by atoms with Gasteiger partial charge in [0.25, 0.3) is 0 Å². The number of likely N-dealkylation sites (N-methyl/N-ethyl adjacent to an activating group) is 1. The minimum Gasteiger partial charge on any atom is -0.342 e. The number of carbonyl (C=O) groups excluding carboxylic acids is 1. The van der Waals surface area contributed by atoms with Gasteiger partial charge in [0.1, 0.15) is 0 Å². The van der Waals surface area contributed by atoms with Crippen molar-refractivity contribution in [3.8, 4) is 0 Å². The molecule has 0 atom stereocenters. The van der Waals surface area contributed by atoms with Crippen molar-refractivity contribution in [3.05, 3.63) is 0 Å². The molecule has 0 unspecified atom stereocenters. The van der Waals surface area contributed by atoms with Crippen LogP contribution in [0.4, 0.5) is 0 Å². The van der Waals surface area contributed by atoms with Crippen LogP contribution < -0.4 is 0 Å². The summed E-state index contributed by atoms with van der Waals surface area (Å²) in [6.07, 6.45) is 12.0. The van der Waals surface area contributed by atoms with E-state index in [1.165, 1.54) is 57.8 Å². The summed E-state index contributed by atoms with van der Waals surface area (Å²) in [6, 6.07) is 1.34. The molecule has 3 fully saturated rings. The molecule has 0 aromatic carbocycles. The lowest BCUT2D eigenvalue weighted by Crippen LogP contribution is -2.53. The van der Waals surface area contributed by atoms with Crippen molar-refractivity contribution in [1.29, 1.82) is 0 Å². The highest BCUT2D eigenvalue weighted by Gasteiger charge is 2.28. The zero-order valence-corrected chi connectivity index (χ0v) is 14.3. The zero-order valence-electron chi connectivity index (χ0n) is 14.3. The highest BCUT2D eigenvalue weighted by atomic mass is 16.2. The molecule has 0 aromatic rings. The van der Waals surface area contributed by atoms with Crippen LogP contribution in [0.5, 0.6) is 0 Å². The maximum atomic E-state index is 12.5. The fraction of sp³-hybridized carbons (Fsp3) is 0.944. The molecule has 0 N–H and O–H groups in total. The average Bonchev–Trinajstić information content (AvgIpc) is 3.10. The van der Waals surface area contributed by atoms with E-state index in [1.54, 1.807) is 0 Å². The highest BCUT2D eigenvalue weighted by Crippen LogP contribution is 2.24. The summed E-state index contributed by atoms with van der Waals surface area (Å²) in [5.74, 6) is 0.331. The van der Waals surface area contributed by atoms with E-state index in [2.05, 4.69) is 9.80 Å². The van der Waals surface area contributed by atoms with Gasteiger partial charge in [-0.05, 0) is 25.7 Å². The van der Waals surface area contributed by atoms with Gasteiger partial charge >= 0.3 is 0 Å². The van der Waals surface area contributed by atoms with Crippen LogP contribution in [0.1, 0.15) is 57.8 Å². The third kappa shape index (κ3) is 4.02. The van der Waals surface area contributed by atoms with Crippen LogP contribution in [-0.4, -0.2) is 72.5 Å². The largest absolute Gasteiger partial charge is 0.342 e. The standard InChI is InChI=1S/C18H33N3O/c1-19(16-7-5-6-8-16)18(22)15-20-11-13-21(14-12-20)17-9-3-2-4-10-17/h16-17H,2-15H2,1H3. The molecule has 1 heterocycles. The monoisotopic (exact) mass is 307 g/mol. The Morgan fingerprint density at radius 3 is 2.14 bits per heavy atom. The molecule has 0 radical (unpaired) electrons. The molecular weight excluding hydrogens is 274 g/mol. The Labute approximate surface area is 135 Å². The Hall–Kier alpha value is -0.610. The highest BCUT2D eigenvalue weighted by molar-refractivity contribution is 5.78. The van der Waals surface area contributed by atoms with Gasteiger partial charge in [0.2, 0.25) is 5.91 Å². The van der Waals surface area contributed by atoms with Crippen LogP contribution in [0.3, 0.4) is 0 Å². The molecule has 2 aliphatic carbocycles. The molecule has 2 saturated carbocycles. The lowest BCUT2D eigenvalue weighted by atomic mass is 9.94. The van der Waals surface area contributed by atoms with Crippen molar-refractivity contribution >= 4 is 5.91 Å². The smallest absolute Gasteiger partial charge is 0.236 e. The maximum absolute atomic E-state index is 12.5. The van der Waals surface area contributed by atoms with Gasteiger partial charge in [-0.2, -0.15) is 0 Å². The molecule has 0 bridgehead atoms. The van der Waals surface area contributed by atoms with Gasteiger partial charge in [-0.3, -0.25) is 14.6 Å². The van der Waals surface area contributed by atoms with E-state index in [4.69, 9.17) is 0 Å². The van der Waals surface area contributed by atoms with Crippen molar-refractivity contribution in [1.82, 2.24) is 14.7 Å². The van der Waals surface area contributed by atoms with Gasteiger partial charge in [0.05, 0.1) is 6.54 Å². The van der Waals surface area contributed by atoms with Crippen molar-refractivity contribution in [2.75, 3.05) is 39.8 Å². The van der Waals surface area contributed by atoms with Gasteiger partial charge in [-0.1, -0.05) is 32.1 Å². The summed E-state index contributed by atoms with van der Waals surface area (Å²) in [4.78, 5) is 19.5. The Morgan fingerprint density at radius 1 is 0.909 bits per heavy atom. The van der Waals surface area contributed by atoms with E-state index >= 15 is 0 Å². The molecule has 3 aliphatic rings. The van der Waals surface area contributed by atoms with E-state index in [0.717, 1.165) is 32.2 Å². The Morgan fingerprint density at radius 2 is 1.50 bits per heavy atom. The molecule has 1 aliphatic heterocycles. The molecule has 0 aromatic heterocycles. The SMILES string of the molecule is CN(C(=O)CN1CCN(C2CCCCC2)CC1)C1CCCC1. The summed E-state index contributed by atoms with van der Waals surface area (Å²) in [5.41, 5.74) is 0. The van der Waals surface area contributed by atoms with E-state index in [0.29, 0.717) is 18.5 Å². The molecule has 126 valence electrons. The predicted octanol–water partition coefficient (Wildman–Crippen LogP) is 2.34. The Bertz CT molecular complexity index is 353. The second-order valence-corrected chi connectivity index (χ2v) is 7.55.